The molecule has 0 spiro atoms. The number of nitrogens with one attached hydrogen (secondary N) is 1. The van der Waals surface area contributed by atoms with Crippen molar-refractivity contribution in [2.45, 2.75) is 11.4 Å². The molecule has 0 amide bonds. The molecule has 2 aromatic carbocycles. The van der Waals surface area contributed by atoms with Gasteiger partial charge in [0.25, 0.3) is 10.0 Å². The Morgan fingerprint density at radius 3 is 2.43 bits per heavy atom. The Kier molecular flexibility index (Phi) is 4.73. The second-order valence-corrected chi connectivity index (χ2v) is 6.67. The minimum atomic E-state index is -3.92. The van der Waals surface area contributed by atoms with Crippen molar-refractivity contribution in [1.82, 2.24) is 0 Å². The number of halogens is 3. The van der Waals surface area contributed by atoms with Gasteiger partial charge in [0.2, 0.25) is 0 Å². The van der Waals surface area contributed by atoms with Crippen LogP contribution in [0.25, 0.3) is 0 Å². The molecule has 2 rings (SSSR count). The van der Waals surface area contributed by atoms with Crippen LogP contribution in [-0.2, 0) is 16.6 Å². The van der Waals surface area contributed by atoms with Gasteiger partial charge in [0.05, 0.1) is 15.7 Å². The monoisotopic (exact) mass is 348 g/mol. The molecule has 0 saturated carbocycles. The molecule has 0 aliphatic carbocycles. The maximum atomic E-state index is 13.1. The van der Waals surface area contributed by atoms with E-state index in [1.54, 1.807) is 6.07 Å². The highest BCUT2D eigenvalue weighted by Gasteiger charge is 2.19. The van der Waals surface area contributed by atoms with E-state index < -0.39 is 15.8 Å². The lowest BCUT2D eigenvalue weighted by molar-refractivity contribution is 0.601. The lowest BCUT2D eigenvalue weighted by Crippen LogP contribution is -2.14. The number of rotatable bonds is 4. The van der Waals surface area contributed by atoms with E-state index in [-0.39, 0.29) is 27.2 Å². The number of sulfonamides is 1. The molecule has 112 valence electrons. The zero-order chi connectivity index (χ0) is 15.6. The first-order valence-corrected chi connectivity index (χ1v) is 8.04. The quantitative estimate of drug-likeness (QED) is 0.889. The van der Waals surface area contributed by atoms with Gasteiger partial charge in [0.1, 0.15) is 10.7 Å². The highest BCUT2D eigenvalue weighted by Crippen LogP contribution is 2.26. The third-order valence-corrected chi connectivity index (χ3v) is 4.85. The van der Waals surface area contributed by atoms with Crippen molar-refractivity contribution >= 4 is 38.9 Å². The van der Waals surface area contributed by atoms with Gasteiger partial charge >= 0.3 is 0 Å². The van der Waals surface area contributed by atoms with E-state index in [1.165, 1.54) is 24.3 Å². The van der Waals surface area contributed by atoms with Gasteiger partial charge in [0.15, 0.2) is 0 Å². The van der Waals surface area contributed by atoms with Crippen LogP contribution in [0.1, 0.15) is 5.56 Å². The Bertz CT molecular complexity index is 782. The molecule has 0 bridgehead atoms. The zero-order valence-corrected chi connectivity index (χ0v) is 12.9. The molecule has 8 heteroatoms. The average Bonchev–Trinajstić information content (AvgIpc) is 2.43. The van der Waals surface area contributed by atoms with Gasteiger partial charge < -0.3 is 5.73 Å². The van der Waals surface area contributed by atoms with Crippen LogP contribution in [0.2, 0.25) is 10.0 Å². The molecule has 0 aliphatic rings. The van der Waals surface area contributed by atoms with Gasteiger partial charge in [-0.15, -0.1) is 0 Å². The summed E-state index contributed by atoms with van der Waals surface area (Å²) in [5, 5.41) is -0.120. The third-order valence-electron chi connectivity index (χ3n) is 2.69. The summed E-state index contributed by atoms with van der Waals surface area (Å²) in [5.41, 5.74) is 6.24. The van der Waals surface area contributed by atoms with E-state index in [9.17, 15) is 12.8 Å². The van der Waals surface area contributed by atoms with E-state index in [0.29, 0.717) is 5.56 Å². The first-order valence-electron chi connectivity index (χ1n) is 5.80. The SMILES string of the molecule is NCc1ccc(Cl)c(S(=O)(=O)Nc2ccc(F)c(Cl)c2)c1. The predicted molar refractivity (Wildman–Crippen MR) is 81.6 cm³/mol. The predicted octanol–water partition coefficient (Wildman–Crippen LogP) is 3.39. The summed E-state index contributed by atoms with van der Waals surface area (Å²) < 4.78 is 40.0. The molecule has 0 aromatic heterocycles. The van der Waals surface area contributed by atoms with Gasteiger partial charge in [-0.05, 0) is 35.9 Å². The van der Waals surface area contributed by atoms with Crippen LogP contribution in [0.5, 0.6) is 0 Å². The topological polar surface area (TPSA) is 72.2 Å². The first-order chi connectivity index (χ1) is 9.83. The molecule has 0 heterocycles. The minimum Gasteiger partial charge on any atom is -0.326 e. The summed E-state index contributed by atoms with van der Waals surface area (Å²) in [6.07, 6.45) is 0. The lowest BCUT2D eigenvalue weighted by atomic mass is 10.2. The van der Waals surface area contributed by atoms with Crippen LogP contribution in [0.3, 0.4) is 0 Å². The largest absolute Gasteiger partial charge is 0.326 e. The number of hydrogen-bond donors (Lipinski definition) is 2. The van der Waals surface area contributed by atoms with Gasteiger partial charge in [-0.2, -0.15) is 0 Å². The van der Waals surface area contributed by atoms with E-state index in [0.717, 1.165) is 6.07 Å². The van der Waals surface area contributed by atoms with Gasteiger partial charge in [-0.25, -0.2) is 12.8 Å². The smallest absolute Gasteiger partial charge is 0.263 e. The fourth-order valence-electron chi connectivity index (χ4n) is 1.65. The molecule has 0 atom stereocenters. The zero-order valence-electron chi connectivity index (χ0n) is 10.6. The van der Waals surface area contributed by atoms with E-state index in [2.05, 4.69) is 4.72 Å². The second-order valence-electron chi connectivity index (χ2n) is 4.20. The van der Waals surface area contributed by atoms with E-state index >= 15 is 0 Å². The second kappa shape index (κ2) is 6.19. The molecular weight excluding hydrogens is 338 g/mol. The Balaban J connectivity index is 2.40. The van der Waals surface area contributed by atoms with Crippen LogP contribution < -0.4 is 10.5 Å². The van der Waals surface area contributed by atoms with Crippen LogP contribution >= 0.6 is 23.2 Å². The maximum absolute atomic E-state index is 13.1. The van der Waals surface area contributed by atoms with Gasteiger partial charge in [0, 0.05) is 6.54 Å². The summed E-state index contributed by atoms with van der Waals surface area (Å²) in [4.78, 5) is -0.104. The van der Waals surface area contributed by atoms with Crippen LogP contribution in [-0.4, -0.2) is 8.42 Å². The van der Waals surface area contributed by atoms with Crippen molar-refractivity contribution in [3.05, 3.63) is 57.8 Å². The highest BCUT2D eigenvalue weighted by molar-refractivity contribution is 7.92. The molecule has 0 saturated heterocycles. The maximum Gasteiger partial charge on any atom is 0.263 e. The Labute approximate surface area is 131 Å². The van der Waals surface area contributed by atoms with Crippen LogP contribution in [0.4, 0.5) is 10.1 Å². The van der Waals surface area contributed by atoms with Crippen molar-refractivity contribution < 1.29 is 12.8 Å². The van der Waals surface area contributed by atoms with E-state index in [1.807, 2.05) is 0 Å². The first kappa shape index (κ1) is 16.0. The fraction of sp³-hybridized carbons (Fsp3) is 0.0769. The minimum absolute atomic E-state index is 0.0629. The highest BCUT2D eigenvalue weighted by atomic mass is 35.5. The number of hydrogen-bond acceptors (Lipinski definition) is 3. The normalized spacial score (nSPS) is 11.4. The van der Waals surface area contributed by atoms with E-state index in [4.69, 9.17) is 28.9 Å². The van der Waals surface area contributed by atoms with Crippen molar-refractivity contribution in [2.75, 3.05) is 4.72 Å². The third kappa shape index (κ3) is 3.65. The van der Waals surface area contributed by atoms with Crippen molar-refractivity contribution in [1.29, 1.82) is 0 Å². The molecule has 0 aliphatic heterocycles. The number of benzene rings is 2. The molecular formula is C13H11Cl2FN2O2S. The lowest BCUT2D eigenvalue weighted by Gasteiger charge is -2.11. The Hall–Kier alpha value is -1.34. The summed E-state index contributed by atoms with van der Waals surface area (Å²) in [7, 11) is -3.92. The Morgan fingerprint density at radius 1 is 1.10 bits per heavy atom. The van der Waals surface area contributed by atoms with Gasteiger partial charge in [-0.1, -0.05) is 29.3 Å². The molecule has 0 fully saturated rings. The number of nitrogens with two attached hydrogens (primary N) is 1. The summed E-state index contributed by atoms with van der Waals surface area (Å²) in [5.74, 6) is -0.636. The molecule has 3 N–H and O–H groups in total. The van der Waals surface area contributed by atoms with Crippen molar-refractivity contribution in [3.63, 3.8) is 0 Å². The van der Waals surface area contributed by atoms with Gasteiger partial charge in [-0.3, -0.25) is 4.72 Å². The number of anilines is 1. The molecule has 21 heavy (non-hydrogen) atoms. The molecule has 0 unspecified atom stereocenters. The molecule has 0 radical (unpaired) electrons. The van der Waals surface area contributed by atoms with Crippen LogP contribution in [0, 0.1) is 5.82 Å². The molecule has 2 aromatic rings. The Morgan fingerprint density at radius 2 is 1.81 bits per heavy atom. The molecule has 4 nitrogen and oxygen atoms in total. The van der Waals surface area contributed by atoms with Crippen molar-refractivity contribution in [2.24, 2.45) is 5.73 Å². The fourth-order valence-corrected chi connectivity index (χ4v) is 3.43. The van der Waals surface area contributed by atoms with Crippen molar-refractivity contribution in [3.8, 4) is 0 Å². The summed E-state index contributed by atoms with van der Waals surface area (Å²) >= 11 is 11.5. The van der Waals surface area contributed by atoms with Crippen LogP contribution in [0.15, 0.2) is 41.3 Å². The standard InChI is InChI=1S/C13H11Cl2FN2O2S/c14-10-3-1-8(7-17)5-13(10)21(19,20)18-9-2-4-12(16)11(15)6-9/h1-6,18H,7,17H2. The summed E-state index contributed by atoms with van der Waals surface area (Å²) in [6.45, 7) is 0.183. The average molecular weight is 349 g/mol. The summed E-state index contributed by atoms with van der Waals surface area (Å²) in [6, 6.07) is 7.98.